The van der Waals surface area contributed by atoms with Crippen LogP contribution in [-0.2, 0) is 9.53 Å². The van der Waals surface area contributed by atoms with E-state index in [9.17, 15) is 4.79 Å². The number of carbonyl (C=O) groups is 1. The Balaban J connectivity index is 0.000000187. The average Bonchev–Trinajstić information content (AvgIpc) is 2.30. The molecule has 0 aromatic heterocycles. The first-order chi connectivity index (χ1) is 7.74. The predicted molar refractivity (Wildman–Crippen MR) is 66.3 cm³/mol. The zero-order valence-corrected chi connectivity index (χ0v) is 9.64. The highest BCUT2D eigenvalue weighted by molar-refractivity contribution is 5.81. The Hall–Kier alpha value is -1.83. The van der Waals surface area contributed by atoms with Crippen LogP contribution in [0.4, 0.5) is 0 Å². The SMILES string of the molecule is CCOC(C)=O.c1ccc2ccccc2c1. The number of fused-ring (bicyclic) bond motifs is 1. The third kappa shape index (κ3) is 4.13. The fraction of sp³-hybridized carbons (Fsp3) is 0.214. The van der Waals surface area contributed by atoms with Crippen molar-refractivity contribution in [1.82, 2.24) is 0 Å². The highest BCUT2D eigenvalue weighted by atomic mass is 16.5. The second-order valence-corrected chi connectivity index (χ2v) is 3.27. The van der Waals surface area contributed by atoms with Crippen LogP contribution in [0.5, 0.6) is 0 Å². The lowest BCUT2D eigenvalue weighted by Gasteiger charge is -1.92. The Labute approximate surface area is 95.9 Å². The highest BCUT2D eigenvalue weighted by Crippen LogP contribution is 2.11. The van der Waals surface area contributed by atoms with E-state index >= 15 is 0 Å². The van der Waals surface area contributed by atoms with E-state index in [1.165, 1.54) is 17.7 Å². The average molecular weight is 216 g/mol. The van der Waals surface area contributed by atoms with E-state index in [1.807, 2.05) is 0 Å². The van der Waals surface area contributed by atoms with Crippen LogP contribution in [0.1, 0.15) is 13.8 Å². The summed E-state index contributed by atoms with van der Waals surface area (Å²) >= 11 is 0. The van der Waals surface area contributed by atoms with Crippen molar-refractivity contribution in [2.45, 2.75) is 13.8 Å². The summed E-state index contributed by atoms with van der Waals surface area (Å²) in [6.07, 6.45) is 0. The lowest BCUT2D eigenvalue weighted by Crippen LogP contribution is -1.95. The van der Waals surface area contributed by atoms with Crippen molar-refractivity contribution in [3.63, 3.8) is 0 Å². The zero-order valence-electron chi connectivity index (χ0n) is 9.64. The molecule has 2 aromatic carbocycles. The van der Waals surface area contributed by atoms with E-state index in [2.05, 4.69) is 53.3 Å². The van der Waals surface area contributed by atoms with Gasteiger partial charge >= 0.3 is 5.97 Å². The van der Waals surface area contributed by atoms with Crippen LogP contribution < -0.4 is 0 Å². The molecule has 0 spiro atoms. The minimum atomic E-state index is -0.211. The second-order valence-electron chi connectivity index (χ2n) is 3.27. The van der Waals surface area contributed by atoms with E-state index in [0.717, 1.165) is 0 Å². The summed E-state index contributed by atoms with van der Waals surface area (Å²) < 4.78 is 4.40. The lowest BCUT2D eigenvalue weighted by atomic mass is 10.1. The monoisotopic (exact) mass is 216 g/mol. The molecule has 0 N–H and O–H groups in total. The Morgan fingerprint density at radius 2 is 1.38 bits per heavy atom. The van der Waals surface area contributed by atoms with Crippen molar-refractivity contribution in [2.24, 2.45) is 0 Å². The largest absolute Gasteiger partial charge is 0.466 e. The molecule has 16 heavy (non-hydrogen) atoms. The van der Waals surface area contributed by atoms with Gasteiger partial charge in [-0.25, -0.2) is 0 Å². The molecule has 2 aromatic rings. The van der Waals surface area contributed by atoms with Gasteiger partial charge in [-0.05, 0) is 17.7 Å². The van der Waals surface area contributed by atoms with Crippen molar-refractivity contribution < 1.29 is 9.53 Å². The summed E-state index contributed by atoms with van der Waals surface area (Å²) in [5, 5.41) is 2.62. The van der Waals surface area contributed by atoms with Crippen LogP contribution in [0, 0.1) is 0 Å². The number of hydrogen-bond acceptors (Lipinski definition) is 2. The maximum atomic E-state index is 9.82. The Kier molecular flexibility index (Phi) is 5.06. The number of esters is 1. The fourth-order valence-electron chi connectivity index (χ4n) is 1.34. The summed E-state index contributed by atoms with van der Waals surface area (Å²) in [6.45, 7) is 3.65. The van der Waals surface area contributed by atoms with Crippen LogP contribution in [0.25, 0.3) is 10.8 Å². The molecule has 0 heterocycles. The third-order valence-electron chi connectivity index (χ3n) is 2.01. The van der Waals surface area contributed by atoms with E-state index < -0.39 is 0 Å². The molecule has 2 rings (SSSR count). The van der Waals surface area contributed by atoms with Gasteiger partial charge in [-0.2, -0.15) is 0 Å². The topological polar surface area (TPSA) is 26.3 Å². The molecule has 0 aliphatic heterocycles. The first kappa shape index (κ1) is 12.2. The van der Waals surface area contributed by atoms with Gasteiger partial charge in [0, 0.05) is 6.92 Å². The molecule has 0 amide bonds. The minimum absolute atomic E-state index is 0.211. The number of hydrogen-bond donors (Lipinski definition) is 0. The molecule has 84 valence electrons. The molecule has 0 radical (unpaired) electrons. The molecular weight excluding hydrogens is 200 g/mol. The Bertz CT molecular complexity index is 384. The lowest BCUT2D eigenvalue weighted by molar-refractivity contribution is -0.140. The van der Waals surface area contributed by atoms with Gasteiger partial charge in [0.15, 0.2) is 0 Å². The maximum Gasteiger partial charge on any atom is 0.302 e. The molecule has 0 saturated carbocycles. The van der Waals surface area contributed by atoms with E-state index in [0.29, 0.717) is 6.61 Å². The normalized spacial score (nSPS) is 9.12. The predicted octanol–water partition coefficient (Wildman–Crippen LogP) is 3.41. The number of benzene rings is 2. The van der Waals surface area contributed by atoms with Crippen molar-refractivity contribution >= 4 is 16.7 Å². The van der Waals surface area contributed by atoms with E-state index in [-0.39, 0.29) is 5.97 Å². The fourth-order valence-corrected chi connectivity index (χ4v) is 1.34. The van der Waals surface area contributed by atoms with Crippen LogP contribution in [0.3, 0.4) is 0 Å². The van der Waals surface area contributed by atoms with Crippen molar-refractivity contribution in [3.8, 4) is 0 Å². The van der Waals surface area contributed by atoms with Crippen LogP contribution >= 0.6 is 0 Å². The molecule has 0 fully saturated rings. The maximum absolute atomic E-state index is 9.82. The van der Waals surface area contributed by atoms with Gasteiger partial charge < -0.3 is 4.74 Å². The summed E-state index contributed by atoms with van der Waals surface area (Å²) in [5.74, 6) is -0.211. The Morgan fingerprint density at radius 1 is 1.00 bits per heavy atom. The third-order valence-corrected chi connectivity index (χ3v) is 2.01. The molecule has 2 nitrogen and oxygen atoms in total. The number of ether oxygens (including phenoxy) is 1. The van der Waals surface area contributed by atoms with E-state index in [1.54, 1.807) is 6.92 Å². The first-order valence-electron chi connectivity index (χ1n) is 5.31. The molecule has 0 aliphatic carbocycles. The Morgan fingerprint density at radius 3 is 1.56 bits per heavy atom. The summed E-state index contributed by atoms with van der Waals surface area (Å²) in [5.41, 5.74) is 0. The smallest absolute Gasteiger partial charge is 0.302 e. The first-order valence-corrected chi connectivity index (χ1v) is 5.31. The van der Waals surface area contributed by atoms with Gasteiger partial charge in [0.1, 0.15) is 0 Å². The quantitative estimate of drug-likeness (QED) is 0.683. The van der Waals surface area contributed by atoms with E-state index in [4.69, 9.17) is 0 Å². The summed E-state index contributed by atoms with van der Waals surface area (Å²) in [6, 6.07) is 16.7. The van der Waals surface area contributed by atoms with Gasteiger partial charge in [-0.3, -0.25) is 4.79 Å². The molecule has 0 atom stereocenters. The van der Waals surface area contributed by atoms with Gasteiger partial charge in [0.25, 0.3) is 0 Å². The van der Waals surface area contributed by atoms with Crippen molar-refractivity contribution in [1.29, 1.82) is 0 Å². The molecule has 2 heteroatoms. The van der Waals surface area contributed by atoms with Crippen LogP contribution in [0.15, 0.2) is 48.5 Å². The van der Waals surface area contributed by atoms with Gasteiger partial charge in [-0.15, -0.1) is 0 Å². The number of carbonyl (C=O) groups excluding carboxylic acids is 1. The van der Waals surface area contributed by atoms with Gasteiger partial charge in [0.05, 0.1) is 6.61 Å². The molecule has 0 aliphatic rings. The van der Waals surface area contributed by atoms with Crippen LogP contribution in [0.2, 0.25) is 0 Å². The van der Waals surface area contributed by atoms with Crippen molar-refractivity contribution in [3.05, 3.63) is 48.5 Å². The summed E-state index contributed by atoms with van der Waals surface area (Å²) in [4.78, 5) is 9.82. The molecular formula is C14H16O2. The summed E-state index contributed by atoms with van der Waals surface area (Å²) in [7, 11) is 0. The van der Waals surface area contributed by atoms with Crippen molar-refractivity contribution in [2.75, 3.05) is 6.61 Å². The second kappa shape index (κ2) is 6.62. The molecule has 0 saturated heterocycles. The highest BCUT2D eigenvalue weighted by Gasteiger charge is 1.85. The molecule has 0 bridgehead atoms. The van der Waals surface area contributed by atoms with Crippen LogP contribution in [-0.4, -0.2) is 12.6 Å². The zero-order chi connectivity index (χ0) is 11.8. The number of rotatable bonds is 1. The molecule has 0 unspecified atom stereocenters. The minimum Gasteiger partial charge on any atom is -0.466 e. The van der Waals surface area contributed by atoms with Gasteiger partial charge in [-0.1, -0.05) is 48.5 Å². The standard InChI is InChI=1S/C10H8.C4H8O2/c1-2-6-10-8-4-3-7-9(10)5-1;1-3-6-4(2)5/h1-8H;3H2,1-2H3. The van der Waals surface area contributed by atoms with Gasteiger partial charge in [0.2, 0.25) is 0 Å².